The number of aromatic nitrogens is 2. The van der Waals surface area contributed by atoms with E-state index in [1.807, 2.05) is 36.8 Å². The molecule has 0 radical (unpaired) electrons. The fourth-order valence-corrected chi connectivity index (χ4v) is 2.69. The van der Waals surface area contributed by atoms with Crippen molar-refractivity contribution in [1.82, 2.24) is 14.7 Å². The monoisotopic (exact) mass is 249 g/mol. The highest BCUT2D eigenvalue weighted by molar-refractivity contribution is 5.78. The van der Waals surface area contributed by atoms with Gasteiger partial charge in [0.1, 0.15) is 0 Å². The Morgan fingerprint density at radius 3 is 2.67 bits per heavy atom. The lowest BCUT2D eigenvalue weighted by molar-refractivity contribution is -0.135. The average Bonchev–Trinajstić information content (AvgIpc) is 2.71. The smallest absolute Gasteiger partial charge is 0.225 e. The topological polar surface area (TPSA) is 38.1 Å². The molecule has 1 fully saturated rings. The number of rotatable bonds is 3. The zero-order chi connectivity index (χ0) is 13.1. The van der Waals surface area contributed by atoms with Gasteiger partial charge < -0.3 is 4.90 Å². The maximum atomic E-state index is 12.3. The van der Waals surface area contributed by atoms with Crippen molar-refractivity contribution in [2.75, 3.05) is 7.05 Å². The molecule has 0 unspecified atom stereocenters. The second-order valence-corrected chi connectivity index (χ2v) is 5.41. The van der Waals surface area contributed by atoms with Gasteiger partial charge in [-0.1, -0.05) is 19.3 Å². The van der Waals surface area contributed by atoms with Gasteiger partial charge >= 0.3 is 0 Å². The molecule has 0 aliphatic heterocycles. The third-order valence-electron chi connectivity index (χ3n) is 4.08. The molecule has 1 amide bonds. The highest BCUT2D eigenvalue weighted by atomic mass is 16.2. The minimum atomic E-state index is 0.251. The van der Waals surface area contributed by atoms with Gasteiger partial charge in [-0.15, -0.1) is 0 Å². The number of hydrogen-bond donors (Lipinski definition) is 0. The van der Waals surface area contributed by atoms with Crippen molar-refractivity contribution in [1.29, 1.82) is 0 Å². The zero-order valence-electron chi connectivity index (χ0n) is 11.6. The molecule has 4 nitrogen and oxygen atoms in total. The molecule has 1 aliphatic carbocycles. The van der Waals surface area contributed by atoms with Crippen molar-refractivity contribution in [3.63, 3.8) is 0 Å². The number of aryl methyl sites for hydroxylation is 1. The Hall–Kier alpha value is -1.32. The number of nitrogens with zero attached hydrogens (tertiary/aromatic N) is 3. The van der Waals surface area contributed by atoms with Crippen molar-refractivity contribution in [3.8, 4) is 0 Å². The second-order valence-electron chi connectivity index (χ2n) is 5.41. The molecule has 0 aromatic carbocycles. The summed E-state index contributed by atoms with van der Waals surface area (Å²) in [5, 5.41) is 4.22. The predicted molar refractivity (Wildman–Crippen MR) is 71.0 cm³/mol. The normalized spacial score (nSPS) is 16.8. The molecule has 1 saturated carbocycles. The molecule has 0 N–H and O–H groups in total. The summed E-state index contributed by atoms with van der Waals surface area (Å²) in [6.45, 7) is 2.72. The lowest BCUT2D eigenvalue weighted by Gasteiger charge is -2.26. The van der Waals surface area contributed by atoms with E-state index in [1.54, 1.807) is 0 Å². The second kappa shape index (κ2) is 5.55. The average molecular weight is 249 g/mol. The van der Waals surface area contributed by atoms with Gasteiger partial charge in [-0.3, -0.25) is 9.48 Å². The van der Waals surface area contributed by atoms with Crippen molar-refractivity contribution < 1.29 is 4.79 Å². The minimum Gasteiger partial charge on any atom is -0.341 e. The third-order valence-corrected chi connectivity index (χ3v) is 4.08. The van der Waals surface area contributed by atoms with Gasteiger partial charge in [-0.05, 0) is 19.8 Å². The Kier molecular flexibility index (Phi) is 4.04. The van der Waals surface area contributed by atoms with Crippen molar-refractivity contribution in [2.24, 2.45) is 13.0 Å². The Balaban J connectivity index is 1.96. The van der Waals surface area contributed by atoms with E-state index in [0.717, 1.165) is 24.1 Å². The molecule has 1 aromatic rings. The zero-order valence-corrected chi connectivity index (χ0v) is 11.6. The molecule has 2 rings (SSSR count). The maximum Gasteiger partial charge on any atom is 0.225 e. The van der Waals surface area contributed by atoms with Crippen LogP contribution in [0.1, 0.15) is 43.4 Å². The van der Waals surface area contributed by atoms with Gasteiger partial charge in [-0.2, -0.15) is 5.10 Å². The van der Waals surface area contributed by atoms with Crippen LogP contribution in [0.25, 0.3) is 0 Å². The summed E-state index contributed by atoms with van der Waals surface area (Å²) in [6.07, 6.45) is 7.69. The highest BCUT2D eigenvalue weighted by Gasteiger charge is 2.24. The summed E-state index contributed by atoms with van der Waals surface area (Å²) in [7, 11) is 3.84. The summed E-state index contributed by atoms with van der Waals surface area (Å²) >= 11 is 0. The summed E-state index contributed by atoms with van der Waals surface area (Å²) in [5.74, 6) is 0.554. The molecule has 1 heterocycles. The molecule has 4 heteroatoms. The summed E-state index contributed by atoms with van der Waals surface area (Å²) in [6, 6.07) is 0. The van der Waals surface area contributed by atoms with Crippen LogP contribution in [0.4, 0.5) is 0 Å². The van der Waals surface area contributed by atoms with Crippen LogP contribution in [0.2, 0.25) is 0 Å². The van der Waals surface area contributed by atoms with E-state index in [-0.39, 0.29) is 5.92 Å². The van der Waals surface area contributed by atoms with E-state index in [4.69, 9.17) is 0 Å². The SMILES string of the molecule is Cc1c(CN(C)C(=O)C2CCCCC2)cnn1C. The molecular weight excluding hydrogens is 226 g/mol. The number of amides is 1. The van der Waals surface area contributed by atoms with Crippen LogP contribution in [0.15, 0.2) is 6.20 Å². The van der Waals surface area contributed by atoms with Crippen LogP contribution >= 0.6 is 0 Å². The quantitative estimate of drug-likeness (QED) is 0.824. The number of carbonyl (C=O) groups is 1. The lowest BCUT2D eigenvalue weighted by atomic mass is 9.88. The summed E-state index contributed by atoms with van der Waals surface area (Å²) in [5.41, 5.74) is 2.28. The molecular formula is C14H23N3O. The Bertz CT molecular complexity index is 419. The first kappa shape index (κ1) is 13.1. The Morgan fingerprint density at radius 1 is 1.44 bits per heavy atom. The highest BCUT2D eigenvalue weighted by Crippen LogP contribution is 2.25. The van der Waals surface area contributed by atoms with Crippen LogP contribution in [-0.4, -0.2) is 27.6 Å². The number of carbonyl (C=O) groups excluding carboxylic acids is 1. The van der Waals surface area contributed by atoms with Gasteiger partial charge in [0.05, 0.1) is 6.20 Å². The van der Waals surface area contributed by atoms with Crippen LogP contribution in [0, 0.1) is 12.8 Å². The molecule has 18 heavy (non-hydrogen) atoms. The van der Waals surface area contributed by atoms with E-state index < -0.39 is 0 Å². The van der Waals surface area contributed by atoms with E-state index in [9.17, 15) is 4.79 Å². The molecule has 100 valence electrons. The first-order chi connectivity index (χ1) is 8.59. The molecule has 0 saturated heterocycles. The summed E-state index contributed by atoms with van der Waals surface area (Å²) in [4.78, 5) is 14.2. The third kappa shape index (κ3) is 2.74. The molecule has 1 aromatic heterocycles. The van der Waals surface area contributed by atoms with E-state index in [0.29, 0.717) is 12.5 Å². The molecule has 0 bridgehead atoms. The fraction of sp³-hybridized carbons (Fsp3) is 0.714. The maximum absolute atomic E-state index is 12.3. The van der Waals surface area contributed by atoms with Gasteiger partial charge in [-0.25, -0.2) is 0 Å². The van der Waals surface area contributed by atoms with Crippen molar-refractivity contribution in [2.45, 2.75) is 45.6 Å². The van der Waals surface area contributed by atoms with Gasteiger partial charge in [0, 0.05) is 37.8 Å². The van der Waals surface area contributed by atoms with E-state index >= 15 is 0 Å². The van der Waals surface area contributed by atoms with Crippen molar-refractivity contribution in [3.05, 3.63) is 17.5 Å². The van der Waals surface area contributed by atoms with Gasteiger partial charge in [0.25, 0.3) is 0 Å². The molecule has 0 atom stereocenters. The van der Waals surface area contributed by atoms with E-state index in [1.165, 1.54) is 19.3 Å². The Morgan fingerprint density at radius 2 is 2.11 bits per heavy atom. The van der Waals surface area contributed by atoms with Crippen molar-refractivity contribution >= 4 is 5.91 Å². The van der Waals surface area contributed by atoms with Crippen LogP contribution in [0.5, 0.6) is 0 Å². The molecule has 1 aliphatic rings. The largest absolute Gasteiger partial charge is 0.341 e. The first-order valence-corrected chi connectivity index (χ1v) is 6.82. The molecule has 0 spiro atoms. The standard InChI is InChI=1S/C14H23N3O/c1-11-13(9-15-17(11)3)10-16(2)14(18)12-7-5-4-6-8-12/h9,12H,4-8,10H2,1-3H3. The van der Waals surface area contributed by atoms with Crippen LogP contribution in [0.3, 0.4) is 0 Å². The predicted octanol–water partition coefficient (Wildman–Crippen LogP) is 2.27. The first-order valence-electron chi connectivity index (χ1n) is 6.82. The lowest BCUT2D eigenvalue weighted by Crippen LogP contribution is -2.33. The summed E-state index contributed by atoms with van der Waals surface area (Å²) < 4.78 is 1.86. The van der Waals surface area contributed by atoms with Crippen LogP contribution < -0.4 is 0 Å². The minimum absolute atomic E-state index is 0.251. The van der Waals surface area contributed by atoms with Gasteiger partial charge in [0.2, 0.25) is 5.91 Å². The van der Waals surface area contributed by atoms with Gasteiger partial charge in [0.15, 0.2) is 0 Å². The number of hydrogen-bond acceptors (Lipinski definition) is 2. The fourth-order valence-electron chi connectivity index (χ4n) is 2.69. The van der Waals surface area contributed by atoms with Crippen LogP contribution in [-0.2, 0) is 18.4 Å². The van der Waals surface area contributed by atoms with E-state index in [2.05, 4.69) is 5.10 Å². The Labute approximate surface area is 109 Å².